The van der Waals surface area contributed by atoms with Crippen LogP contribution in [0.1, 0.15) is 34.1 Å². The van der Waals surface area contributed by atoms with Crippen LogP contribution in [0.25, 0.3) is 0 Å². The average Bonchev–Trinajstić information content (AvgIpc) is 2.33. The summed E-state index contributed by atoms with van der Waals surface area (Å²) in [7, 11) is 0. The van der Waals surface area contributed by atoms with Crippen molar-refractivity contribution in [1.82, 2.24) is 10.2 Å². The molecular formula is C13H28N2O3. The summed E-state index contributed by atoms with van der Waals surface area (Å²) < 4.78 is 5.29. The summed E-state index contributed by atoms with van der Waals surface area (Å²) in [5, 5.41) is 12.6. The molecule has 0 radical (unpaired) electrons. The zero-order valence-corrected chi connectivity index (χ0v) is 12.1. The molecule has 1 atom stereocenters. The Morgan fingerprint density at radius 3 is 2.44 bits per heavy atom. The maximum atomic E-state index is 11.7. The van der Waals surface area contributed by atoms with Gasteiger partial charge in [0.1, 0.15) is 0 Å². The van der Waals surface area contributed by atoms with E-state index in [2.05, 4.69) is 5.32 Å². The number of amides is 1. The van der Waals surface area contributed by atoms with Gasteiger partial charge in [-0.1, -0.05) is 0 Å². The molecule has 5 nitrogen and oxygen atoms in total. The fraction of sp³-hybridized carbons (Fsp3) is 0.923. The predicted molar refractivity (Wildman–Crippen MR) is 72.5 cm³/mol. The van der Waals surface area contributed by atoms with Gasteiger partial charge in [-0.15, -0.1) is 0 Å². The number of carbonyl (C=O) groups excluding carboxylic acids is 1. The highest BCUT2D eigenvalue weighted by molar-refractivity contribution is 5.76. The van der Waals surface area contributed by atoms with Crippen molar-refractivity contribution >= 4 is 5.91 Å². The average molecular weight is 260 g/mol. The van der Waals surface area contributed by atoms with Crippen molar-refractivity contribution in [1.29, 1.82) is 0 Å². The topological polar surface area (TPSA) is 61.8 Å². The van der Waals surface area contributed by atoms with Crippen LogP contribution in [-0.2, 0) is 9.53 Å². The van der Waals surface area contributed by atoms with Crippen LogP contribution in [-0.4, -0.2) is 60.9 Å². The molecule has 1 amide bonds. The molecule has 0 aromatic carbocycles. The van der Waals surface area contributed by atoms with E-state index in [4.69, 9.17) is 4.74 Å². The summed E-state index contributed by atoms with van der Waals surface area (Å²) in [5.41, 5.74) is 0. The monoisotopic (exact) mass is 260 g/mol. The number of aliphatic hydroxyl groups is 1. The summed E-state index contributed by atoms with van der Waals surface area (Å²) in [6, 6.07) is 0. The molecule has 0 heterocycles. The minimum atomic E-state index is -0.518. The Labute approximate surface area is 110 Å². The number of hydrogen-bond donors (Lipinski definition) is 2. The molecule has 18 heavy (non-hydrogen) atoms. The summed E-state index contributed by atoms with van der Waals surface area (Å²) in [5.74, 6) is 0.153. The minimum absolute atomic E-state index is 0.129. The second-order valence-electron chi connectivity index (χ2n) is 4.56. The number of carbonyl (C=O) groups is 1. The molecule has 0 saturated carbocycles. The first-order valence-corrected chi connectivity index (χ1v) is 6.79. The molecule has 0 aliphatic carbocycles. The molecule has 0 rings (SSSR count). The lowest BCUT2D eigenvalue weighted by atomic mass is 10.3. The molecule has 0 aromatic rings. The van der Waals surface area contributed by atoms with Gasteiger partial charge in [0, 0.05) is 32.6 Å². The van der Waals surface area contributed by atoms with Crippen molar-refractivity contribution in [3.63, 3.8) is 0 Å². The van der Waals surface area contributed by atoms with Crippen molar-refractivity contribution in [3.8, 4) is 0 Å². The van der Waals surface area contributed by atoms with E-state index >= 15 is 0 Å². The fourth-order valence-corrected chi connectivity index (χ4v) is 1.56. The smallest absolute Gasteiger partial charge is 0.223 e. The predicted octanol–water partition coefficient (Wildman–Crippen LogP) is 0.620. The molecule has 2 N–H and O–H groups in total. The van der Waals surface area contributed by atoms with Crippen molar-refractivity contribution < 1.29 is 14.6 Å². The summed E-state index contributed by atoms with van der Waals surface area (Å²) in [6.07, 6.45) is 0.0826. The number of nitrogens with one attached hydrogen (secondary N) is 1. The Bertz CT molecular complexity index is 218. The van der Waals surface area contributed by atoms with Gasteiger partial charge in [-0.3, -0.25) is 4.79 Å². The lowest BCUT2D eigenvalue weighted by Gasteiger charge is -2.19. The highest BCUT2D eigenvalue weighted by Crippen LogP contribution is 1.94. The molecule has 0 fully saturated rings. The summed E-state index contributed by atoms with van der Waals surface area (Å²) in [6.45, 7) is 10.7. The second kappa shape index (κ2) is 10.3. The molecular weight excluding hydrogens is 232 g/mol. The molecule has 1 unspecified atom stereocenters. The quantitative estimate of drug-likeness (QED) is 0.565. The van der Waals surface area contributed by atoms with Crippen molar-refractivity contribution in [2.75, 3.05) is 32.8 Å². The van der Waals surface area contributed by atoms with E-state index < -0.39 is 6.10 Å². The normalized spacial score (nSPS) is 12.8. The SMILES string of the molecule is CCN(CC)C(=O)CCNCC(O)COC(C)C. The Morgan fingerprint density at radius 2 is 1.94 bits per heavy atom. The number of nitrogens with zero attached hydrogens (tertiary/aromatic N) is 1. The van der Waals surface area contributed by atoms with Crippen LogP contribution in [0.4, 0.5) is 0 Å². The zero-order chi connectivity index (χ0) is 14.0. The Hall–Kier alpha value is -0.650. The zero-order valence-electron chi connectivity index (χ0n) is 12.1. The van der Waals surface area contributed by atoms with Crippen molar-refractivity contribution in [2.45, 2.75) is 46.3 Å². The number of ether oxygens (including phenoxy) is 1. The van der Waals surface area contributed by atoms with E-state index in [1.54, 1.807) is 4.90 Å². The largest absolute Gasteiger partial charge is 0.389 e. The molecule has 0 saturated heterocycles. The van der Waals surface area contributed by atoms with Gasteiger partial charge < -0.3 is 20.1 Å². The molecule has 108 valence electrons. The minimum Gasteiger partial charge on any atom is -0.389 e. The van der Waals surface area contributed by atoms with Crippen LogP contribution in [0, 0.1) is 0 Å². The maximum absolute atomic E-state index is 11.7. The van der Waals surface area contributed by atoms with Crippen LogP contribution >= 0.6 is 0 Å². The summed E-state index contributed by atoms with van der Waals surface area (Å²) >= 11 is 0. The molecule has 0 aliphatic rings. The van der Waals surface area contributed by atoms with E-state index in [1.165, 1.54) is 0 Å². The lowest BCUT2D eigenvalue weighted by Crippen LogP contribution is -2.36. The Kier molecular flexibility index (Phi) is 9.92. The van der Waals surface area contributed by atoms with Gasteiger partial charge in [-0.25, -0.2) is 0 Å². The standard InChI is InChI=1S/C13H28N2O3/c1-5-15(6-2)13(17)7-8-14-9-12(16)10-18-11(3)4/h11-12,14,16H,5-10H2,1-4H3. The van der Waals surface area contributed by atoms with E-state index in [0.717, 1.165) is 13.1 Å². The highest BCUT2D eigenvalue weighted by Gasteiger charge is 2.09. The third-order valence-corrected chi connectivity index (χ3v) is 2.63. The first-order valence-electron chi connectivity index (χ1n) is 6.79. The third kappa shape index (κ3) is 8.44. The third-order valence-electron chi connectivity index (χ3n) is 2.63. The van der Waals surface area contributed by atoms with Crippen LogP contribution in [0.15, 0.2) is 0 Å². The molecule has 0 aromatic heterocycles. The first-order chi connectivity index (χ1) is 8.51. The first kappa shape index (κ1) is 17.4. The van der Waals surface area contributed by atoms with Gasteiger partial charge in [0.05, 0.1) is 18.8 Å². The van der Waals surface area contributed by atoms with Crippen LogP contribution in [0.3, 0.4) is 0 Å². The molecule has 0 aliphatic heterocycles. The molecule has 0 spiro atoms. The highest BCUT2D eigenvalue weighted by atomic mass is 16.5. The van der Waals surface area contributed by atoms with E-state index in [1.807, 2.05) is 27.7 Å². The van der Waals surface area contributed by atoms with Crippen LogP contribution in [0.5, 0.6) is 0 Å². The number of rotatable bonds is 10. The number of aliphatic hydroxyl groups excluding tert-OH is 1. The lowest BCUT2D eigenvalue weighted by molar-refractivity contribution is -0.130. The summed E-state index contributed by atoms with van der Waals surface area (Å²) in [4.78, 5) is 13.5. The number of hydrogen-bond acceptors (Lipinski definition) is 4. The van der Waals surface area contributed by atoms with Crippen molar-refractivity contribution in [2.24, 2.45) is 0 Å². The van der Waals surface area contributed by atoms with E-state index in [0.29, 0.717) is 26.1 Å². The van der Waals surface area contributed by atoms with Gasteiger partial charge >= 0.3 is 0 Å². The fourth-order valence-electron chi connectivity index (χ4n) is 1.56. The molecule has 5 heteroatoms. The Morgan fingerprint density at radius 1 is 1.33 bits per heavy atom. The van der Waals surface area contributed by atoms with Crippen LogP contribution in [0.2, 0.25) is 0 Å². The Balaban J connectivity index is 3.57. The van der Waals surface area contributed by atoms with E-state index in [9.17, 15) is 9.90 Å². The van der Waals surface area contributed by atoms with Gasteiger partial charge in [0.2, 0.25) is 5.91 Å². The van der Waals surface area contributed by atoms with Gasteiger partial charge in [-0.2, -0.15) is 0 Å². The van der Waals surface area contributed by atoms with E-state index in [-0.39, 0.29) is 12.0 Å². The van der Waals surface area contributed by atoms with Gasteiger partial charge in [-0.05, 0) is 27.7 Å². The van der Waals surface area contributed by atoms with Gasteiger partial charge in [0.25, 0.3) is 0 Å². The van der Waals surface area contributed by atoms with Crippen LogP contribution < -0.4 is 5.32 Å². The second-order valence-corrected chi connectivity index (χ2v) is 4.56. The molecule has 0 bridgehead atoms. The van der Waals surface area contributed by atoms with Gasteiger partial charge in [0.15, 0.2) is 0 Å². The maximum Gasteiger partial charge on any atom is 0.223 e. The van der Waals surface area contributed by atoms with Crippen molar-refractivity contribution in [3.05, 3.63) is 0 Å².